The molecule has 0 spiro atoms. The standard InChI is InChI=1S/C17H30N6O6/c1-21(9-24-3)15-18-16(22(2)10-26-5-13-7-28-13)20-17(19-15)23(11-25-4)12-27-6-14-8-29-14/h13-14H,5-12H2,1-4H3. The van der Waals surface area contributed by atoms with Crippen molar-refractivity contribution in [1.82, 2.24) is 15.0 Å². The van der Waals surface area contributed by atoms with Gasteiger partial charge in [0.05, 0.1) is 26.4 Å². The van der Waals surface area contributed by atoms with Crippen LogP contribution in [0.1, 0.15) is 0 Å². The highest BCUT2D eigenvalue weighted by Gasteiger charge is 2.24. The van der Waals surface area contributed by atoms with E-state index < -0.39 is 0 Å². The minimum atomic E-state index is 0.176. The molecule has 2 aliphatic rings. The van der Waals surface area contributed by atoms with Crippen LogP contribution >= 0.6 is 0 Å². The highest BCUT2D eigenvalue weighted by molar-refractivity contribution is 5.45. The van der Waals surface area contributed by atoms with Crippen LogP contribution in [-0.2, 0) is 28.4 Å². The predicted octanol–water partition coefficient (Wildman–Crippen LogP) is -0.496. The van der Waals surface area contributed by atoms with E-state index in [0.29, 0.717) is 44.5 Å². The van der Waals surface area contributed by atoms with E-state index in [1.165, 1.54) is 0 Å². The number of methoxy groups -OCH3 is 2. The van der Waals surface area contributed by atoms with Crippen LogP contribution in [0.2, 0.25) is 0 Å². The highest BCUT2D eigenvalue weighted by Crippen LogP contribution is 2.19. The van der Waals surface area contributed by atoms with Gasteiger partial charge in [0.1, 0.15) is 39.1 Å². The molecule has 2 unspecified atom stereocenters. The molecule has 3 heterocycles. The molecule has 29 heavy (non-hydrogen) atoms. The molecule has 0 radical (unpaired) electrons. The molecular formula is C17H30N6O6. The quantitative estimate of drug-likeness (QED) is 0.273. The van der Waals surface area contributed by atoms with Gasteiger partial charge in [0.15, 0.2) is 0 Å². The van der Waals surface area contributed by atoms with Crippen molar-refractivity contribution in [3.8, 4) is 0 Å². The molecule has 2 atom stereocenters. The minimum Gasteiger partial charge on any atom is -0.371 e. The van der Waals surface area contributed by atoms with Crippen LogP contribution in [0.5, 0.6) is 0 Å². The summed E-state index contributed by atoms with van der Waals surface area (Å²) < 4.78 is 32.2. The maximum atomic E-state index is 5.70. The SMILES string of the molecule is COCN(C)c1nc(N(C)COCC2CO2)nc(N(COC)COCC2CO2)n1. The number of hydrogen-bond donors (Lipinski definition) is 0. The van der Waals surface area contributed by atoms with E-state index in [1.807, 2.05) is 19.0 Å². The molecule has 0 saturated carbocycles. The number of anilines is 3. The van der Waals surface area contributed by atoms with Gasteiger partial charge in [-0.1, -0.05) is 0 Å². The molecule has 0 amide bonds. The zero-order valence-electron chi connectivity index (χ0n) is 17.4. The number of aromatic nitrogens is 3. The van der Waals surface area contributed by atoms with Gasteiger partial charge in [-0.3, -0.25) is 4.90 Å². The summed E-state index contributed by atoms with van der Waals surface area (Å²) in [5, 5.41) is 0. The van der Waals surface area contributed by atoms with Gasteiger partial charge in [-0.05, 0) is 0 Å². The van der Waals surface area contributed by atoms with Crippen molar-refractivity contribution in [3.63, 3.8) is 0 Å². The fourth-order valence-corrected chi connectivity index (χ4v) is 2.39. The Balaban J connectivity index is 1.72. The molecular weight excluding hydrogens is 384 g/mol. The van der Waals surface area contributed by atoms with Crippen molar-refractivity contribution in [3.05, 3.63) is 0 Å². The van der Waals surface area contributed by atoms with Gasteiger partial charge in [-0.15, -0.1) is 0 Å². The Labute approximate surface area is 170 Å². The number of rotatable bonds is 15. The van der Waals surface area contributed by atoms with Crippen molar-refractivity contribution in [1.29, 1.82) is 0 Å². The lowest BCUT2D eigenvalue weighted by Crippen LogP contribution is -2.33. The molecule has 0 bridgehead atoms. The largest absolute Gasteiger partial charge is 0.371 e. The zero-order valence-corrected chi connectivity index (χ0v) is 17.4. The molecule has 0 aliphatic carbocycles. The van der Waals surface area contributed by atoms with E-state index in [9.17, 15) is 0 Å². The first kappa shape index (κ1) is 21.9. The van der Waals surface area contributed by atoms with Crippen molar-refractivity contribution in [2.24, 2.45) is 0 Å². The molecule has 2 saturated heterocycles. The molecule has 164 valence electrons. The molecule has 1 aromatic heterocycles. The molecule has 2 fully saturated rings. The van der Waals surface area contributed by atoms with Crippen LogP contribution in [0.4, 0.5) is 17.8 Å². The Kier molecular flexibility index (Phi) is 8.15. The van der Waals surface area contributed by atoms with Gasteiger partial charge in [-0.2, -0.15) is 15.0 Å². The average Bonchev–Trinajstić information content (AvgIpc) is 3.62. The van der Waals surface area contributed by atoms with Crippen LogP contribution in [0.3, 0.4) is 0 Å². The number of ether oxygens (including phenoxy) is 6. The second kappa shape index (κ2) is 10.8. The molecule has 2 aliphatic heterocycles. The summed E-state index contributed by atoms with van der Waals surface area (Å²) in [6.45, 7) is 3.76. The number of epoxide rings is 2. The molecule has 0 N–H and O–H groups in total. The van der Waals surface area contributed by atoms with Crippen molar-refractivity contribution in [2.45, 2.75) is 12.2 Å². The lowest BCUT2D eigenvalue weighted by molar-refractivity contribution is 0.0920. The van der Waals surface area contributed by atoms with Crippen molar-refractivity contribution in [2.75, 3.05) is 96.4 Å². The number of hydrogen-bond acceptors (Lipinski definition) is 12. The van der Waals surface area contributed by atoms with E-state index >= 15 is 0 Å². The van der Waals surface area contributed by atoms with Gasteiger partial charge in [0, 0.05) is 28.3 Å². The first-order chi connectivity index (χ1) is 14.1. The Bertz CT molecular complexity index is 632. The third-order valence-electron chi connectivity index (χ3n) is 4.12. The Morgan fingerprint density at radius 3 is 1.76 bits per heavy atom. The van der Waals surface area contributed by atoms with Gasteiger partial charge in [0.25, 0.3) is 0 Å². The minimum absolute atomic E-state index is 0.176. The van der Waals surface area contributed by atoms with Crippen LogP contribution in [0.15, 0.2) is 0 Å². The second-order valence-corrected chi connectivity index (χ2v) is 6.92. The first-order valence-electron chi connectivity index (χ1n) is 9.40. The van der Waals surface area contributed by atoms with E-state index in [0.717, 1.165) is 13.2 Å². The third kappa shape index (κ3) is 7.17. The summed E-state index contributed by atoms with van der Waals surface area (Å²) in [6, 6.07) is 0. The summed E-state index contributed by atoms with van der Waals surface area (Å²) in [7, 11) is 6.92. The van der Waals surface area contributed by atoms with E-state index in [2.05, 4.69) is 15.0 Å². The third-order valence-corrected chi connectivity index (χ3v) is 4.12. The maximum absolute atomic E-state index is 5.70. The topological polar surface area (TPSA) is 110 Å². The maximum Gasteiger partial charge on any atom is 0.235 e. The highest BCUT2D eigenvalue weighted by atomic mass is 16.6. The summed E-state index contributed by atoms with van der Waals surface area (Å²) in [5.41, 5.74) is 0. The van der Waals surface area contributed by atoms with Crippen LogP contribution in [0, 0.1) is 0 Å². The lowest BCUT2D eigenvalue weighted by Gasteiger charge is -2.25. The van der Waals surface area contributed by atoms with Gasteiger partial charge < -0.3 is 38.2 Å². The van der Waals surface area contributed by atoms with E-state index in [1.54, 1.807) is 24.0 Å². The van der Waals surface area contributed by atoms with Crippen LogP contribution < -0.4 is 14.7 Å². The smallest absolute Gasteiger partial charge is 0.235 e. The van der Waals surface area contributed by atoms with Gasteiger partial charge in [0.2, 0.25) is 17.8 Å². The second-order valence-electron chi connectivity index (χ2n) is 6.92. The number of nitrogens with zero attached hydrogens (tertiary/aromatic N) is 6. The first-order valence-corrected chi connectivity index (χ1v) is 9.40. The predicted molar refractivity (Wildman–Crippen MR) is 104 cm³/mol. The van der Waals surface area contributed by atoms with Gasteiger partial charge >= 0.3 is 0 Å². The average molecular weight is 414 g/mol. The Morgan fingerprint density at radius 2 is 1.24 bits per heavy atom. The zero-order chi connectivity index (χ0) is 20.6. The van der Waals surface area contributed by atoms with E-state index in [-0.39, 0.29) is 25.7 Å². The fourth-order valence-electron chi connectivity index (χ4n) is 2.39. The molecule has 0 aromatic carbocycles. The van der Waals surface area contributed by atoms with Crippen molar-refractivity contribution < 1.29 is 28.4 Å². The summed E-state index contributed by atoms with van der Waals surface area (Å²) >= 11 is 0. The molecule has 12 heteroatoms. The van der Waals surface area contributed by atoms with Crippen LogP contribution in [-0.4, -0.2) is 109 Å². The summed E-state index contributed by atoms with van der Waals surface area (Å²) in [6.07, 6.45) is 0.376. The summed E-state index contributed by atoms with van der Waals surface area (Å²) in [5.74, 6) is 1.37. The molecule has 12 nitrogen and oxygen atoms in total. The Hall–Kier alpha value is -1.83. The van der Waals surface area contributed by atoms with E-state index in [4.69, 9.17) is 28.4 Å². The fraction of sp³-hybridized carbons (Fsp3) is 0.824. The summed E-state index contributed by atoms with van der Waals surface area (Å²) in [4.78, 5) is 19.0. The normalized spacial score (nSPS) is 19.9. The van der Waals surface area contributed by atoms with Crippen molar-refractivity contribution >= 4 is 17.8 Å². The Morgan fingerprint density at radius 1 is 0.759 bits per heavy atom. The monoisotopic (exact) mass is 414 g/mol. The molecule has 1 aromatic rings. The molecule has 3 rings (SSSR count). The lowest BCUT2D eigenvalue weighted by atomic mass is 10.5. The van der Waals surface area contributed by atoms with Gasteiger partial charge in [-0.25, -0.2) is 0 Å². The van der Waals surface area contributed by atoms with Crippen LogP contribution in [0.25, 0.3) is 0 Å².